The predicted molar refractivity (Wildman–Crippen MR) is 404 cm³/mol. The normalized spacial score (nSPS) is 13.4. The summed E-state index contributed by atoms with van der Waals surface area (Å²) in [7, 11) is -4.40. The number of rotatable bonds is 75. The summed E-state index contributed by atoms with van der Waals surface area (Å²) in [4.78, 5) is 35.4. The Labute approximate surface area is 576 Å². The molecular formula is C83H150NO8P. The summed E-state index contributed by atoms with van der Waals surface area (Å²) in [6.07, 6.45) is 107. The van der Waals surface area contributed by atoms with Crippen LogP contribution in [0.2, 0.25) is 0 Å². The Bertz CT molecular complexity index is 1850. The third-order valence-electron chi connectivity index (χ3n) is 17.5. The van der Waals surface area contributed by atoms with E-state index in [9.17, 15) is 19.0 Å². The van der Waals surface area contributed by atoms with Gasteiger partial charge in [-0.3, -0.25) is 18.6 Å². The molecule has 0 fully saturated rings. The van der Waals surface area contributed by atoms with E-state index < -0.39 is 26.5 Å². The minimum atomic E-state index is -4.40. The standard InChI is InChI=1S/C83H150NO8P/c1-3-5-7-9-11-13-15-17-19-21-23-25-27-29-31-33-35-36-37-38-39-40-41-42-43-44-46-47-49-51-53-55-57-59-61-63-65-67-69-71-73-75-82(85)89-79-81(80-91-93(87,88)90-78-77-84)92-83(86)76-74-72-70-68-66-64-62-60-58-56-54-52-50-48-45-34-32-30-28-26-24-22-20-18-16-14-12-10-8-6-4-2/h6,8,12,14,18,20-21,23-24,26,30,32,45,48,52,54,81H,3-5,7,9-11,13,15-17,19,22,25,27-29,31,33-44,46-47,49-51,53,55-80,84H2,1-2H3,(H,87,88)/b8-6-,14-12-,20-18-,23-21-,26-24-,32-30-,48-45-,54-52-. The van der Waals surface area contributed by atoms with Gasteiger partial charge in [0.05, 0.1) is 13.2 Å². The zero-order valence-corrected chi connectivity index (χ0v) is 61.9. The number of unbranched alkanes of at least 4 members (excludes halogenated alkanes) is 46. The molecule has 0 aromatic rings. The zero-order chi connectivity index (χ0) is 67.2. The maximum absolute atomic E-state index is 12.8. The van der Waals surface area contributed by atoms with Crippen LogP contribution in [0.4, 0.5) is 0 Å². The second-order valence-corrected chi connectivity index (χ2v) is 28.0. The third kappa shape index (κ3) is 77.8. The molecule has 2 unspecified atom stereocenters. The number of carbonyl (C=O) groups is 2. The molecule has 93 heavy (non-hydrogen) atoms. The van der Waals surface area contributed by atoms with Crippen LogP contribution in [0.3, 0.4) is 0 Å². The average molecular weight is 1320 g/mol. The van der Waals surface area contributed by atoms with Gasteiger partial charge in [0, 0.05) is 19.4 Å². The van der Waals surface area contributed by atoms with Crippen LogP contribution in [0.1, 0.15) is 386 Å². The fraction of sp³-hybridized carbons (Fsp3) is 0.783. The highest BCUT2D eigenvalue weighted by molar-refractivity contribution is 7.47. The molecule has 0 aromatic heterocycles. The molecule has 2 atom stereocenters. The fourth-order valence-electron chi connectivity index (χ4n) is 11.6. The number of ether oxygens (including phenoxy) is 2. The van der Waals surface area contributed by atoms with Crippen molar-refractivity contribution in [1.82, 2.24) is 0 Å². The van der Waals surface area contributed by atoms with Gasteiger partial charge in [-0.15, -0.1) is 0 Å². The highest BCUT2D eigenvalue weighted by Gasteiger charge is 2.26. The molecule has 0 aromatic carbocycles. The molecule has 0 saturated carbocycles. The maximum Gasteiger partial charge on any atom is 0.472 e. The largest absolute Gasteiger partial charge is 0.472 e. The number of hydrogen-bond donors (Lipinski definition) is 2. The highest BCUT2D eigenvalue weighted by Crippen LogP contribution is 2.43. The monoisotopic (exact) mass is 1320 g/mol. The maximum atomic E-state index is 12.8. The molecule has 540 valence electrons. The SMILES string of the molecule is CC/C=C\C/C=C\C/C=C\C/C=C\C/C=C\C/C=C\C/C=C\CCCCCCCCCCCC(=O)OC(COC(=O)CCCCCCCCCCCCCCCCCCCCCCCCCCCCCCC/C=C\CCCCCCCCCC)COP(=O)(O)OCCN. The van der Waals surface area contributed by atoms with Crippen LogP contribution < -0.4 is 5.73 Å². The van der Waals surface area contributed by atoms with E-state index in [-0.39, 0.29) is 38.6 Å². The molecule has 9 nitrogen and oxygen atoms in total. The number of nitrogens with two attached hydrogens (primary N) is 1. The van der Waals surface area contributed by atoms with Crippen molar-refractivity contribution in [3.8, 4) is 0 Å². The van der Waals surface area contributed by atoms with Gasteiger partial charge < -0.3 is 20.1 Å². The lowest BCUT2D eigenvalue weighted by atomic mass is 10.0. The Morgan fingerprint density at radius 1 is 0.333 bits per heavy atom. The van der Waals surface area contributed by atoms with E-state index >= 15 is 0 Å². The minimum absolute atomic E-state index is 0.0499. The van der Waals surface area contributed by atoms with E-state index in [0.29, 0.717) is 6.42 Å². The van der Waals surface area contributed by atoms with E-state index in [0.717, 1.165) is 89.9 Å². The van der Waals surface area contributed by atoms with Gasteiger partial charge >= 0.3 is 19.8 Å². The van der Waals surface area contributed by atoms with Gasteiger partial charge in [-0.2, -0.15) is 0 Å². The summed E-state index contributed by atoms with van der Waals surface area (Å²) in [5.74, 6) is -0.823. The number of carbonyl (C=O) groups excluding carboxylic acids is 2. The topological polar surface area (TPSA) is 134 Å². The molecular weight excluding hydrogens is 1170 g/mol. The summed E-state index contributed by atoms with van der Waals surface area (Å²) >= 11 is 0. The van der Waals surface area contributed by atoms with Crippen molar-refractivity contribution < 1.29 is 37.6 Å². The van der Waals surface area contributed by atoms with Crippen molar-refractivity contribution in [2.75, 3.05) is 26.4 Å². The fourth-order valence-corrected chi connectivity index (χ4v) is 12.4. The molecule has 0 rings (SSSR count). The Balaban J connectivity index is 3.79. The minimum Gasteiger partial charge on any atom is -0.462 e. The average Bonchev–Trinajstić information content (AvgIpc) is 3.70. The van der Waals surface area contributed by atoms with Gasteiger partial charge in [-0.05, 0) is 96.3 Å². The van der Waals surface area contributed by atoms with Crippen molar-refractivity contribution in [3.63, 3.8) is 0 Å². The van der Waals surface area contributed by atoms with Crippen LogP contribution in [-0.2, 0) is 32.7 Å². The van der Waals surface area contributed by atoms with E-state index in [4.69, 9.17) is 24.3 Å². The summed E-state index contributed by atoms with van der Waals surface area (Å²) in [6.45, 7) is 3.67. The van der Waals surface area contributed by atoms with Crippen LogP contribution in [0, 0.1) is 0 Å². The Hall–Kier alpha value is -3.07. The first-order valence-electron chi connectivity index (χ1n) is 39.7. The van der Waals surface area contributed by atoms with Crippen molar-refractivity contribution in [2.24, 2.45) is 5.73 Å². The summed E-state index contributed by atoms with van der Waals surface area (Å²) < 4.78 is 33.2. The molecule has 0 amide bonds. The van der Waals surface area contributed by atoms with Crippen molar-refractivity contribution in [1.29, 1.82) is 0 Å². The number of hydrogen-bond acceptors (Lipinski definition) is 8. The summed E-state index contributed by atoms with van der Waals surface area (Å²) in [6, 6.07) is 0. The second kappa shape index (κ2) is 77.9. The molecule has 0 heterocycles. The number of phosphoric acid groups is 1. The van der Waals surface area contributed by atoms with Gasteiger partial charge in [0.2, 0.25) is 0 Å². The number of esters is 2. The molecule has 0 bridgehead atoms. The molecule has 0 aliphatic heterocycles. The zero-order valence-electron chi connectivity index (χ0n) is 61.0. The van der Waals surface area contributed by atoms with Crippen molar-refractivity contribution in [2.45, 2.75) is 392 Å². The van der Waals surface area contributed by atoms with Crippen LogP contribution in [0.5, 0.6) is 0 Å². The van der Waals surface area contributed by atoms with E-state index in [2.05, 4.69) is 111 Å². The van der Waals surface area contributed by atoms with Crippen LogP contribution >= 0.6 is 7.82 Å². The molecule has 0 saturated heterocycles. The number of phosphoric ester groups is 1. The van der Waals surface area contributed by atoms with E-state index in [1.807, 2.05) is 0 Å². The molecule has 3 N–H and O–H groups in total. The molecule has 0 spiro atoms. The predicted octanol–water partition coefficient (Wildman–Crippen LogP) is 26.6. The van der Waals surface area contributed by atoms with Gasteiger partial charge in [-0.1, -0.05) is 374 Å². The summed E-state index contributed by atoms with van der Waals surface area (Å²) in [5, 5.41) is 0. The lowest BCUT2D eigenvalue weighted by Crippen LogP contribution is -2.29. The lowest BCUT2D eigenvalue weighted by Gasteiger charge is -2.19. The van der Waals surface area contributed by atoms with Gasteiger partial charge in [0.15, 0.2) is 6.10 Å². The number of allylic oxidation sites excluding steroid dienone is 16. The van der Waals surface area contributed by atoms with Crippen LogP contribution in [0.25, 0.3) is 0 Å². The first-order valence-corrected chi connectivity index (χ1v) is 41.2. The Morgan fingerprint density at radius 3 is 0.892 bits per heavy atom. The van der Waals surface area contributed by atoms with Crippen molar-refractivity contribution >= 4 is 19.8 Å². The van der Waals surface area contributed by atoms with Gasteiger partial charge in [0.1, 0.15) is 6.61 Å². The third-order valence-corrected chi connectivity index (χ3v) is 18.4. The van der Waals surface area contributed by atoms with Crippen molar-refractivity contribution in [3.05, 3.63) is 97.2 Å². The highest BCUT2D eigenvalue weighted by atomic mass is 31.2. The molecule has 0 aliphatic carbocycles. The first-order chi connectivity index (χ1) is 45.8. The van der Waals surface area contributed by atoms with Gasteiger partial charge in [-0.25, -0.2) is 4.57 Å². The van der Waals surface area contributed by atoms with Crippen LogP contribution in [0.15, 0.2) is 97.2 Å². The molecule has 10 heteroatoms. The second-order valence-electron chi connectivity index (χ2n) is 26.6. The Morgan fingerprint density at radius 2 is 0.591 bits per heavy atom. The Kier molecular flexibility index (Phi) is 75.4. The van der Waals surface area contributed by atoms with E-state index in [1.54, 1.807) is 0 Å². The van der Waals surface area contributed by atoms with Crippen LogP contribution in [-0.4, -0.2) is 49.3 Å². The van der Waals surface area contributed by atoms with Gasteiger partial charge in [0.25, 0.3) is 0 Å². The molecule has 0 aliphatic rings. The lowest BCUT2D eigenvalue weighted by molar-refractivity contribution is -0.161. The smallest absolute Gasteiger partial charge is 0.462 e. The quantitative estimate of drug-likeness (QED) is 0.0264. The molecule has 0 radical (unpaired) electrons. The summed E-state index contributed by atoms with van der Waals surface area (Å²) in [5.41, 5.74) is 5.41. The van der Waals surface area contributed by atoms with E-state index in [1.165, 1.54) is 263 Å². The first kappa shape index (κ1) is 89.9.